The van der Waals surface area contributed by atoms with Crippen LogP contribution >= 0.6 is 27.7 Å². The summed E-state index contributed by atoms with van der Waals surface area (Å²) < 4.78 is 26.9. The van der Waals surface area contributed by atoms with Crippen molar-refractivity contribution in [2.75, 3.05) is 5.75 Å². The fraction of sp³-hybridized carbons (Fsp3) is 0.0714. The van der Waals surface area contributed by atoms with Crippen LogP contribution in [0.2, 0.25) is 0 Å². The van der Waals surface area contributed by atoms with E-state index in [4.69, 9.17) is 0 Å². The summed E-state index contributed by atoms with van der Waals surface area (Å²) in [6.45, 7) is 0. The summed E-state index contributed by atoms with van der Waals surface area (Å²) in [7, 11) is 0. The molecule has 98 valence electrons. The van der Waals surface area contributed by atoms with Gasteiger partial charge in [-0.3, -0.25) is 4.79 Å². The first kappa shape index (κ1) is 14.2. The molecule has 0 saturated carbocycles. The predicted molar refractivity (Wildman–Crippen MR) is 75.6 cm³/mol. The number of carbonyl (C=O) groups is 1. The van der Waals surface area contributed by atoms with E-state index in [0.717, 1.165) is 27.6 Å². The average Bonchev–Trinajstić information content (AvgIpc) is 2.36. The summed E-state index contributed by atoms with van der Waals surface area (Å²) in [5.41, 5.74) is 0.0528. The largest absolute Gasteiger partial charge is 0.293 e. The standard InChI is InChI=1S/C14H9BrF2OS/c15-12-3-1-2-4-14(12)19-8-13(18)9-5-10(16)7-11(17)6-9/h1-7H,8H2. The Kier molecular flexibility index (Phi) is 4.71. The van der Waals surface area contributed by atoms with E-state index in [2.05, 4.69) is 15.9 Å². The number of Topliss-reactive ketones (excluding diaryl/α,β-unsaturated/α-hetero) is 1. The van der Waals surface area contributed by atoms with Gasteiger partial charge >= 0.3 is 0 Å². The van der Waals surface area contributed by atoms with Gasteiger partial charge in [0.25, 0.3) is 0 Å². The lowest BCUT2D eigenvalue weighted by molar-refractivity contribution is 0.102. The maximum atomic E-state index is 13.0. The Bertz CT molecular complexity index is 596. The lowest BCUT2D eigenvalue weighted by Crippen LogP contribution is -2.03. The zero-order valence-electron chi connectivity index (χ0n) is 9.70. The monoisotopic (exact) mass is 342 g/mol. The van der Waals surface area contributed by atoms with Crippen LogP contribution in [0.5, 0.6) is 0 Å². The molecule has 0 bridgehead atoms. The summed E-state index contributed by atoms with van der Waals surface area (Å²) >= 11 is 4.69. The molecule has 0 fully saturated rings. The third kappa shape index (κ3) is 3.88. The molecule has 0 unspecified atom stereocenters. The average molecular weight is 343 g/mol. The summed E-state index contributed by atoms with van der Waals surface area (Å²) in [6.07, 6.45) is 0. The first-order valence-corrected chi connectivity index (χ1v) is 7.21. The van der Waals surface area contributed by atoms with E-state index in [1.54, 1.807) is 0 Å². The minimum absolute atomic E-state index is 0.0528. The van der Waals surface area contributed by atoms with Crippen molar-refractivity contribution in [3.05, 3.63) is 64.1 Å². The van der Waals surface area contributed by atoms with Gasteiger partial charge in [-0.25, -0.2) is 8.78 Å². The quantitative estimate of drug-likeness (QED) is 0.591. The maximum Gasteiger partial charge on any atom is 0.173 e. The van der Waals surface area contributed by atoms with E-state index in [1.165, 1.54) is 11.8 Å². The van der Waals surface area contributed by atoms with E-state index >= 15 is 0 Å². The Morgan fingerprint density at radius 3 is 2.37 bits per heavy atom. The van der Waals surface area contributed by atoms with Gasteiger partial charge in [-0.05, 0) is 40.2 Å². The van der Waals surface area contributed by atoms with Crippen molar-refractivity contribution in [3.63, 3.8) is 0 Å². The topological polar surface area (TPSA) is 17.1 Å². The summed E-state index contributed by atoms with van der Waals surface area (Å²) in [6, 6.07) is 10.3. The fourth-order valence-corrected chi connectivity index (χ4v) is 2.97. The van der Waals surface area contributed by atoms with Gasteiger partial charge in [0.15, 0.2) is 5.78 Å². The van der Waals surface area contributed by atoms with E-state index < -0.39 is 11.6 Å². The van der Waals surface area contributed by atoms with Gasteiger partial charge in [-0.2, -0.15) is 0 Å². The van der Waals surface area contributed by atoms with Crippen molar-refractivity contribution >= 4 is 33.5 Å². The van der Waals surface area contributed by atoms with Crippen LogP contribution in [0.3, 0.4) is 0 Å². The van der Waals surface area contributed by atoms with Gasteiger partial charge in [0.2, 0.25) is 0 Å². The van der Waals surface area contributed by atoms with Crippen LogP contribution in [0.25, 0.3) is 0 Å². The van der Waals surface area contributed by atoms with E-state index in [1.807, 2.05) is 24.3 Å². The lowest BCUT2D eigenvalue weighted by Gasteiger charge is -2.04. The van der Waals surface area contributed by atoms with Crippen LogP contribution in [0.15, 0.2) is 51.8 Å². The molecule has 0 heterocycles. The predicted octanol–water partition coefficient (Wildman–Crippen LogP) is 4.70. The molecule has 0 aromatic heterocycles. The van der Waals surface area contributed by atoms with Crippen molar-refractivity contribution in [1.29, 1.82) is 0 Å². The second-order valence-corrected chi connectivity index (χ2v) is 5.67. The minimum Gasteiger partial charge on any atom is -0.293 e. The molecule has 0 aliphatic heterocycles. The smallest absolute Gasteiger partial charge is 0.173 e. The number of ketones is 1. The number of thioether (sulfide) groups is 1. The lowest BCUT2D eigenvalue weighted by atomic mass is 10.1. The molecular weight excluding hydrogens is 334 g/mol. The Morgan fingerprint density at radius 2 is 1.74 bits per heavy atom. The zero-order valence-corrected chi connectivity index (χ0v) is 12.1. The Hall–Kier alpha value is -1.20. The molecule has 2 rings (SSSR count). The summed E-state index contributed by atoms with van der Waals surface area (Å²) in [5.74, 6) is -1.66. The SMILES string of the molecule is O=C(CSc1ccccc1Br)c1cc(F)cc(F)c1. The van der Waals surface area contributed by atoms with Crippen LogP contribution in [0.4, 0.5) is 8.78 Å². The van der Waals surface area contributed by atoms with Gasteiger partial charge < -0.3 is 0 Å². The fourth-order valence-electron chi connectivity index (χ4n) is 1.50. The second kappa shape index (κ2) is 6.30. The molecule has 19 heavy (non-hydrogen) atoms. The highest BCUT2D eigenvalue weighted by Gasteiger charge is 2.10. The van der Waals surface area contributed by atoms with Crippen molar-refractivity contribution in [2.45, 2.75) is 4.90 Å². The van der Waals surface area contributed by atoms with E-state index in [9.17, 15) is 13.6 Å². The summed E-state index contributed by atoms with van der Waals surface area (Å²) in [5, 5.41) is 0. The second-order valence-electron chi connectivity index (χ2n) is 3.80. The number of carbonyl (C=O) groups excluding carboxylic acids is 1. The van der Waals surface area contributed by atoms with Gasteiger partial charge in [0.05, 0.1) is 5.75 Å². The highest BCUT2D eigenvalue weighted by atomic mass is 79.9. The number of hydrogen-bond donors (Lipinski definition) is 0. The maximum absolute atomic E-state index is 13.0. The zero-order chi connectivity index (χ0) is 13.8. The Labute approximate surface area is 122 Å². The molecule has 5 heteroatoms. The molecule has 0 amide bonds. The number of hydrogen-bond acceptors (Lipinski definition) is 2. The number of rotatable bonds is 4. The number of halogens is 3. The van der Waals surface area contributed by atoms with Gasteiger partial charge in [0.1, 0.15) is 11.6 Å². The molecule has 0 spiro atoms. The Balaban J connectivity index is 2.08. The molecule has 0 saturated heterocycles. The third-order valence-electron chi connectivity index (χ3n) is 2.38. The number of benzene rings is 2. The Morgan fingerprint density at radius 1 is 1.11 bits per heavy atom. The highest BCUT2D eigenvalue weighted by molar-refractivity contribution is 9.10. The first-order valence-electron chi connectivity index (χ1n) is 5.43. The van der Waals surface area contributed by atoms with Crippen LogP contribution < -0.4 is 0 Å². The molecule has 2 aromatic carbocycles. The normalized spacial score (nSPS) is 10.5. The molecule has 0 aliphatic rings. The summed E-state index contributed by atoms with van der Waals surface area (Å²) in [4.78, 5) is 12.8. The highest BCUT2D eigenvalue weighted by Crippen LogP contribution is 2.27. The van der Waals surface area contributed by atoms with Crippen LogP contribution in [-0.4, -0.2) is 11.5 Å². The molecular formula is C14H9BrF2OS. The molecule has 0 aliphatic carbocycles. The van der Waals surface area contributed by atoms with Crippen molar-refractivity contribution in [2.24, 2.45) is 0 Å². The molecule has 0 N–H and O–H groups in total. The third-order valence-corrected chi connectivity index (χ3v) is 4.41. The molecule has 2 aromatic rings. The van der Waals surface area contributed by atoms with E-state index in [0.29, 0.717) is 0 Å². The molecule has 1 nitrogen and oxygen atoms in total. The van der Waals surface area contributed by atoms with Gasteiger partial charge in [-0.1, -0.05) is 12.1 Å². The van der Waals surface area contributed by atoms with Crippen molar-refractivity contribution in [1.82, 2.24) is 0 Å². The van der Waals surface area contributed by atoms with Gasteiger partial charge in [0, 0.05) is 21.0 Å². The van der Waals surface area contributed by atoms with Crippen molar-refractivity contribution in [3.8, 4) is 0 Å². The van der Waals surface area contributed by atoms with Crippen LogP contribution in [0.1, 0.15) is 10.4 Å². The molecule has 0 radical (unpaired) electrons. The first-order chi connectivity index (χ1) is 9.06. The van der Waals surface area contributed by atoms with Gasteiger partial charge in [-0.15, -0.1) is 11.8 Å². The van der Waals surface area contributed by atoms with E-state index in [-0.39, 0.29) is 17.1 Å². The minimum atomic E-state index is -0.741. The molecule has 0 atom stereocenters. The van der Waals surface area contributed by atoms with Crippen molar-refractivity contribution < 1.29 is 13.6 Å². The van der Waals surface area contributed by atoms with Crippen LogP contribution in [-0.2, 0) is 0 Å². The van der Waals surface area contributed by atoms with Crippen LogP contribution in [0, 0.1) is 11.6 Å².